The van der Waals surface area contributed by atoms with Gasteiger partial charge < -0.3 is 14.5 Å². The summed E-state index contributed by atoms with van der Waals surface area (Å²) in [6.45, 7) is 1.83. The molecule has 172 valence electrons. The Hall–Kier alpha value is -4.34. The summed E-state index contributed by atoms with van der Waals surface area (Å²) in [6, 6.07) is 14.0. The van der Waals surface area contributed by atoms with Crippen molar-refractivity contribution >= 4 is 17.3 Å². The number of fused-ring (bicyclic) bond motifs is 1. The standard InChI is InChI=1S/C24H18F3N5O2/c1-14-21(34-13-28-14)18-10-9-15(12-20(18)33-2)29-23-30-22-17(7-5-11-32(22)31-23)16-6-3-4-8-19(16)24(25,26)27/h3-13H,1-2H3,(H,29,31). The van der Waals surface area contributed by atoms with Crippen LogP contribution in [0, 0.1) is 6.92 Å². The Morgan fingerprint density at radius 3 is 2.53 bits per heavy atom. The maximum Gasteiger partial charge on any atom is 0.417 e. The number of alkyl halides is 3. The summed E-state index contributed by atoms with van der Waals surface area (Å²) in [5.41, 5.74) is 2.01. The van der Waals surface area contributed by atoms with E-state index in [-0.39, 0.29) is 11.5 Å². The highest BCUT2D eigenvalue weighted by Crippen LogP contribution is 2.38. The largest absolute Gasteiger partial charge is 0.496 e. The van der Waals surface area contributed by atoms with Gasteiger partial charge in [-0.25, -0.2) is 9.50 Å². The number of halogens is 3. The highest BCUT2D eigenvalue weighted by Gasteiger charge is 2.34. The smallest absolute Gasteiger partial charge is 0.417 e. The molecular formula is C24H18F3N5O2. The molecule has 7 nitrogen and oxygen atoms in total. The van der Waals surface area contributed by atoms with Crippen molar-refractivity contribution < 1.29 is 22.3 Å². The Bertz CT molecular complexity index is 1490. The molecule has 0 bridgehead atoms. The lowest BCUT2D eigenvalue weighted by atomic mass is 10.0. The fraction of sp³-hybridized carbons (Fsp3) is 0.125. The zero-order valence-corrected chi connectivity index (χ0v) is 18.1. The normalized spacial score (nSPS) is 11.7. The number of pyridine rings is 1. The summed E-state index contributed by atoms with van der Waals surface area (Å²) in [5, 5.41) is 7.46. The Balaban J connectivity index is 1.52. The van der Waals surface area contributed by atoms with Crippen LogP contribution < -0.4 is 10.1 Å². The molecule has 0 unspecified atom stereocenters. The third kappa shape index (κ3) is 3.83. The minimum atomic E-state index is -4.50. The van der Waals surface area contributed by atoms with E-state index < -0.39 is 11.7 Å². The van der Waals surface area contributed by atoms with E-state index in [0.717, 1.165) is 17.3 Å². The van der Waals surface area contributed by atoms with Crippen molar-refractivity contribution in [1.82, 2.24) is 19.6 Å². The van der Waals surface area contributed by atoms with Crippen LogP contribution in [-0.2, 0) is 6.18 Å². The van der Waals surface area contributed by atoms with Crippen LogP contribution in [0.25, 0.3) is 28.1 Å². The highest BCUT2D eigenvalue weighted by molar-refractivity contribution is 5.81. The second-order valence-corrected chi connectivity index (χ2v) is 7.48. The summed E-state index contributed by atoms with van der Waals surface area (Å²) in [6.07, 6.45) is -1.50. The number of oxazole rings is 1. The lowest BCUT2D eigenvalue weighted by Crippen LogP contribution is -2.07. The molecule has 2 aromatic carbocycles. The molecule has 1 N–H and O–H groups in total. The summed E-state index contributed by atoms with van der Waals surface area (Å²) in [4.78, 5) is 8.56. The third-order valence-electron chi connectivity index (χ3n) is 5.33. The minimum Gasteiger partial charge on any atom is -0.496 e. The van der Waals surface area contributed by atoms with Gasteiger partial charge in [0.05, 0.1) is 23.9 Å². The number of ether oxygens (including phenoxy) is 1. The molecule has 0 aliphatic carbocycles. The number of hydrogen-bond donors (Lipinski definition) is 1. The maximum atomic E-state index is 13.6. The molecule has 5 rings (SSSR count). The molecule has 10 heteroatoms. The predicted molar refractivity (Wildman–Crippen MR) is 120 cm³/mol. The van der Waals surface area contributed by atoms with Crippen LogP contribution in [0.4, 0.5) is 24.8 Å². The Morgan fingerprint density at radius 2 is 1.79 bits per heavy atom. The van der Waals surface area contributed by atoms with E-state index in [1.165, 1.54) is 23.0 Å². The predicted octanol–water partition coefficient (Wildman–Crippen LogP) is 6.13. The van der Waals surface area contributed by atoms with Gasteiger partial charge in [0.1, 0.15) is 5.75 Å². The van der Waals surface area contributed by atoms with Crippen LogP contribution in [0.1, 0.15) is 11.3 Å². The minimum absolute atomic E-state index is 0.0352. The van der Waals surface area contributed by atoms with Gasteiger partial charge in [-0.1, -0.05) is 18.2 Å². The molecule has 0 radical (unpaired) electrons. The van der Waals surface area contributed by atoms with Crippen molar-refractivity contribution in [3.05, 3.63) is 78.4 Å². The summed E-state index contributed by atoms with van der Waals surface area (Å²) in [5.74, 6) is 1.37. The van der Waals surface area contributed by atoms with E-state index in [1.807, 2.05) is 13.0 Å². The number of hydrogen-bond acceptors (Lipinski definition) is 6. The van der Waals surface area contributed by atoms with Gasteiger partial charge >= 0.3 is 6.18 Å². The van der Waals surface area contributed by atoms with E-state index in [2.05, 4.69) is 20.4 Å². The topological polar surface area (TPSA) is 77.5 Å². The molecule has 5 aromatic rings. The fourth-order valence-electron chi connectivity index (χ4n) is 3.78. The molecule has 0 atom stereocenters. The van der Waals surface area contributed by atoms with Crippen LogP contribution in [0.2, 0.25) is 0 Å². The van der Waals surface area contributed by atoms with E-state index in [0.29, 0.717) is 28.4 Å². The van der Waals surface area contributed by atoms with Crippen LogP contribution in [0.5, 0.6) is 5.75 Å². The molecule has 0 saturated heterocycles. The zero-order chi connectivity index (χ0) is 23.9. The first-order valence-corrected chi connectivity index (χ1v) is 10.2. The summed E-state index contributed by atoms with van der Waals surface area (Å²) in [7, 11) is 1.54. The average Bonchev–Trinajstić information content (AvgIpc) is 3.43. The molecule has 0 spiro atoms. The van der Waals surface area contributed by atoms with Crippen molar-refractivity contribution in [3.8, 4) is 28.2 Å². The van der Waals surface area contributed by atoms with E-state index in [9.17, 15) is 13.2 Å². The maximum absolute atomic E-state index is 13.6. The number of anilines is 2. The Morgan fingerprint density at radius 1 is 1.00 bits per heavy atom. The molecule has 0 saturated carbocycles. The Labute approximate surface area is 191 Å². The average molecular weight is 465 g/mol. The lowest BCUT2D eigenvalue weighted by molar-refractivity contribution is -0.137. The number of benzene rings is 2. The number of nitrogens with zero attached hydrogens (tertiary/aromatic N) is 4. The Kier molecular flexibility index (Phi) is 5.20. The van der Waals surface area contributed by atoms with Gasteiger partial charge in [-0.05, 0) is 42.8 Å². The molecule has 34 heavy (non-hydrogen) atoms. The first-order valence-electron chi connectivity index (χ1n) is 10.2. The first-order chi connectivity index (χ1) is 16.3. The van der Waals surface area contributed by atoms with Crippen LogP contribution >= 0.6 is 0 Å². The SMILES string of the molecule is COc1cc(Nc2nc3c(-c4ccccc4C(F)(F)F)cccn3n2)ccc1-c1ocnc1C. The zero-order valence-electron chi connectivity index (χ0n) is 18.1. The second kappa shape index (κ2) is 8.22. The number of aromatic nitrogens is 4. The summed E-state index contributed by atoms with van der Waals surface area (Å²) < 4.78 is 53.1. The second-order valence-electron chi connectivity index (χ2n) is 7.48. The molecule has 0 aliphatic rings. The highest BCUT2D eigenvalue weighted by atomic mass is 19.4. The van der Waals surface area contributed by atoms with Crippen molar-refractivity contribution in [3.63, 3.8) is 0 Å². The van der Waals surface area contributed by atoms with Crippen LogP contribution in [0.3, 0.4) is 0 Å². The van der Waals surface area contributed by atoms with Gasteiger partial charge in [0.25, 0.3) is 0 Å². The van der Waals surface area contributed by atoms with Gasteiger partial charge in [-0.15, -0.1) is 5.10 Å². The van der Waals surface area contributed by atoms with Crippen molar-refractivity contribution in [1.29, 1.82) is 0 Å². The molecule has 3 heterocycles. The molecule has 0 fully saturated rings. The molecular weight excluding hydrogens is 447 g/mol. The number of methoxy groups -OCH3 is 1. The molecule has 0 amide bonds. The molecule has 3 aromatic heterocycles. The van der Waals surface area contributed by atoms with Gasteiger partial charge in [0, 0.05) is 23.5 Å². The monoisotopic (exact) mass is 465 g/mol. The number of nitrogens with one attached hydrogen (secondary N) is 1. The van der Waals surface area contributed by atoms with Crippen molar-refractivity contribution in [2.45, 2.75) is 13.1 Å². The van der Waals surface area contributed by atoms with Gasteiger partial charge in [-0.3, -0.25) is 0 Å². The van der Waals surface area contributed by atoms with Gasteiger partial charge in [0.2, 0.25) is 5.95 Å². The van der Waals surface area contributed by atoms with E-state index >= 15 is 0 Å². The number of rotatable bonds is 5. The van der Waals surface area contributed by atoms with Gasteiger partial charge in [-0.2, -0.15) is 18.2 Å². The van der Waals surface area contributed by atoms with E-state index in [4.69, 9.17) is 9.15 Å². The fourth-order valence-corrected chi connectivity index (χ4v) is 3.78. The van der Waals surface area contributed by atoms with Gasteiger partial charge in [0.15, 0.2) is 17.8 Å². The quantitative estimate of drug-likeness (QED) is 0.336. The first kappa shape index (κ1) is 21.5. The lowest BCUT2D eigenvalue weighted by Gasteiger charge is -2.12. The molecule has 0 aliphatic heterocycles. The number of aryl methyl sites for hydroxylation is 1. The van der Waals surface area contributed by atoms with Crippen molar-refractivity contribution in [2.75, 3.05) is 12.4 Å². The van der Waals surface area contributed by atoms with E-state index in [1.54, 1.807) is 43.6 Å². The van der Waals surface area contributed by atoms with Crippen LogP contribution in [0.15, 0.2) is 71.6 Å². The third-order valence-corrected chi connectivity index (χ3v) is 5.33. The summed E-state index contributed by atoms with van der Waals surface area (Å²) >= 11 is 0. The van der Waals surface area contributed by atoms with Crippen molar-refractivity contribution in [2.24, 2.45) is 0 Å². The van der Waals surface area contributed by atoms with Crippen LogP contribution in [-0.4, -0.2) is 26.7 Å².